The van der Waals surface area contributed by atoms with Crippen molar-refractivity contribution in [2.75, 3.05) is 13.2 Å². The number of aromatic nitrogens is 1. The number of nitrogens with zero attached hydrogens (tertiary/aromatic N) is 1. The molecule has 1 saturated carbocycles. The maximum atomic E-state index is 5.74. The summed E-state index contributed by atoms with van der Waals surface area (Å²) in [6.45, 7) is 3.57. The van der Waals surface area contributed by atoms with Crippen LogP contribution in [-0.4, -0.2) is 18.1 Å². The van der Waals surface area contributed by atoms with E-state index in [1.807, 2.05) is 25.3 Å². The second-order valence-electron chi connectivity index (χ2n) is 4.67. The molecule has 2 atom stereocenters. The zero-order valence-corrected chi connectivity index (χ0v) is 9.86. The Labute approximate surface area is 97.0 Å². The maximum Gasteiger partial charge on any atom is 0.213 e. The van der Waals surface area contributed by atoms with E-state index in [0.717, 1.165) is 24.6 Å². The normalized spacial score (nSPS) is 24.6. The second-order valence-corrected chi connectivity index (χ2v) is 4.67. The highest BCUT2D eigenvalue weighted by Gasteiger charge is 2.26. The van der Waals surface area contributed by atoms with Crippen LogP contribution in [-0.2, 0) is 0 Å². The molecule has 3 nitrogen and oxygen atoms in total. The summed E-state index contributed by atoms with van der Waals surface area (Å²) in [5.41, 5.74) is 6.90. The van der Waals surface area contributed by atoms with Gasteiger partial charge in [0.1, 0.15) is 0 Å². The average molecular weight is 220 g/mol. The van der Waals surface area contributed by atoms with Crippen molar-refractivity contribution >= 4 is 0 Å². The lowest BCUT2D eigenvalue weighted by atomic mass is 9.97. The summed E-state index contributed by atoms with van der Waals surface area (Å²) in [6, 6.07) is 3.96. The molecule has 1 heterocycles. The van der Waals surface area contributed by atoms with Gasteiger partial charge in [0, 0.05) is 12.3 Å². The lowest BCUT2D eigenvalue weighted by Gasteiger charge is -2.17. The lowest BCUT2D eigenvalue weighted by molar-refractivity contribution is 0.210. The van der Waals surface area contributed by atoms with Gasteiger partial charge in [0.15, 0.2) is 0 Å². The van der Waals surface area contributed by atoms with E-state index < -0.39 is 0 Å². The van der Waals surface area contributed by atoms with Gasteiger partial charge in [0.25, 0.3) is 0 Å². The van der Waals surface area contributed by atoms with Crippen LogP contribution in [0.3, 0.4) is 0 Å². The molecule has 1 aromatic heterocycles. The first kappa shape index (κ1) is 11.4. The molecule has 0 bridgehead atoms. The smallest absolute Gasteiger partial charge is 0.213 e. The van der Waals surface area contributed by atoms with Crippen molar-refractivity contribution in [2.24, 2.45) is 17.6 Å². The van der Waals surface area contributed by atoms with Crippen LogP contribution in [0.1, 0.15) is 24.8 Å². The van der Waals surface area contributed by atoms with E-state index in [-0.39, 0.29) is 0 Å². The molecule has 1 aliphatic rings. The first-order valence-corrected chi connectivity index (χ1v) is 6.05. The number of ether oxygens (including phenoxy) is 1. The number of nitrogens with two attached hydrogens (primary N) is 1. The van der Waals surface area contributed by atoms with Crippen LogP contribution < -0.4 is 10.5 Å². The van der Waals surface area contributed by atoms with Gasteiger partial charge < -0.3 is 10.5 Å². The Balaban J connectivity index is 1.85. The Hall–Kier alpha value is -1.09. The fourth-order valence-corrected chi connectivity index (χ4v) is 2.38. The Morgan fingerprint density at radius 1 is 1.38 bits per heavy atom. The third kappa shape index (κ3) is 2.73. The molecule has 0 aromatic carbocycles. The number of pyridine rings is 1. The van der Waals surface area contributed by atoms with E-state index in [0.29, 0.717) is 11.8 Å². The minimum absolute atomic E-state index is 0.619. The van der Waals surface area contributed by atoms with Crippen LogP contribution in [0.2, 0.25) is 0 Å². The minimum Gasteiger partial charge on any atom is -0.477 e. The first-order chi connectivity index (χ1) is 7.79. The van der Waals surface area contributed by atoms with Gasteiger partial charge in [0.05, 0.1) is 6.61 Å². The van der Waals surface area contributed by atoms with Gasteiger partial charge in [0.2, 0.25) is 5.88 Å². The Morgan fingerprint density at radius 2 is 2.19 bits per heavy atom. The zero-order valence-electron chi connectivity index (χ0n) is 9.86. The van der Waals surface area contributed by atoms with Gasteiger partial charge >= 0.3 is 0 Å². The molecule has 1 aliphatic carbocycles. The highest BCUT2D eigenvalue weighted by Crippen LogP contribution is 2.31. The lowest BCUT2D eigenvalue weighted by Crippen LogP contribution is -2.23. The Morgan fingerprint density at radius 3 is 2.88 bits per heavy atom. The predicted octanol–water partition coefficient (Wildman–Crippen LogP) is 2.14. The molecule has 0 radical (unpaired) electrons. The fourth-order valence-electron chi connectivity index (χ4n) is 2.38. The van der Waals surface area contributed by atoms with Crippen molar-refractivity contribution in [3.8, 4) is 5.88 Å². The van der Waals surface area contributed by atoms with Gasteiger partial charge in [-0.05, 0) is 43.7 Å². The molecule has 2 N–H and O–H groups in total. The van der Waals surface area contributed by atoms with Crippen molar-refractivity contribution < 1.29 is 4.74 Å². The monoisotopic (exact) mass is 220 g/mol. The first-order valence-electron chi connectivity index (χ1n) is 6.05. The fraction of sp³-hybridized carbons (Fsp3) is 0.615. The van der Waals surface area contributed by atoms with Gasteiger partial charge in [-0.15, -0.1) is 0 Å². The quantitative estimate of drug-likeness (QED) is 0.845. The van der Waals surface area contributed by atoms with Gasteiger partial charge in [-0.2, -0.15) is 0 Å². The van der Waals surface area contributed by atoms with E-state index in [4.69, 9.17) is 10.5 Å². The SMILES string of the molecule is Cc1ccc(OCC2CCCC2CN)nc1. The van der Waals surface area contributed by atoms with E-state index in [9.17, 15) is 0 Å². The third-order valence-electron chi connectivity index (χ3n) is 3.45. The maximum absolute atomic E-state index is 5.74. The highest BCUT2D eigenvalue weighted by molar-refractivity contribution is 5.16. The van der Waals surface area contributed by atoms with Crippen LogP contribution in [0.5, 0.6) is 5.88 Å². The van der Waals surface area contributed by atoms with Crippen LogP contribution in [0.25, 0.3) is 0 Å². The van der Waals surface area contributed by atoms with Gasteiger partial charge in [-0.1, -0.05) is 12.5 Å². The van der Waals surface area contributed by atoms with E-state index >= 15 is 0 Å². The molecule has 2 unspecified atom stereocenters. The second kappa shape index (κ2) is 5.30. The summed E-state index contributed by atoms with van der Waals surface area (Å²) in [5.74, 6) is 1.99. The molecule has 0 spiro atoms. The molecule has 2 rings (SSSR count). The van der Waals surface area contributed by atoms with Gasteiger partial charge in [-0.25, -0.2) is 4.98 Å². The Kier molecular flexibility index (Phi) is 3.78. The topological polar surface area (TPSA) is 48.1 Å². The van der Waals surface area contributed by atoms with Gasteiger partial charge in [-0.3, -0.25) is 0 Å². The molecular formula is C13H20N2O. The molecule has 0 aliphatic heterocycles. The van der Waals surface area contributed by atoms with E-state index in [1.165, 1.54) is 19.3 Å². The summed E-state index contributed by atoms with van der Waals surface area (Å²) in [5, 5.41) is 0. The molecule has 0 amide bonds. The number of hydrogen-bond acceptors (Lipinski definition) is 3. The van der Waals surface area contributed by atoms with Crippen molar-refractivity contribution in [2.45, 2.75) is 26.2 Å². The largest absolute Gasteiger partial charge is 0.477 e. The van der Waals surface area contributed by atoms with Crippen molar-refractivity contribution in [3.63, 3.8) is 0 Å². The summed E-state index contributed by atoms with van der Waals surface area (Å²) in [4.78, 5) is 4.24. The highest BCUT2D eigenvalue weighted by atomic mass is 16.5. The molecule has 0 saturated heterocycles. The molecular weight excluding hydrogens is 200 g/mol. The molecule has 1 aromatic rings. The van der Waals surface area contributed by atoms with Crippen molar-refractivity contribution in [3.05, 3.63) is 23.9 Å². The molecule has 16 heavy (non-hydrogen) atoms. The summed E-state index contributed by atoms with van der Waals surface area (Å²) in [6.07, 6.45) is 5.63. The van der Waals surface area contributed by atoms with E-state index in [2.05, 4.69) is 4.98 Å². The van der Waals surface area contributed by atoms with Crippen molar-refractivity contribution in [1.29, 1.82) is 0 Å². The zero-order chi connectivity index (χ0) is 11.4. The Bertz CT molecular complexity index is 323. The predicted molar refractivity (Wildman–Crippen MR) is 64.4 cm³/mol. The molecule has 88 valence electrons. The summed E-state index contributed by atoms with van der Waals surface area (Å²) < 4.78 is 5.71. The summed E-state index contributed by atoms with van der Waals surface area (Å²) >= 11 is 0. The third-order valence-corrected chi connectivity index (χ3v) is 3.45. The number of rotatable bonds is 4. The number of aryl methyl sites for hydroxylation is 1. The van der Waals surface area contributed by atoms with Crippen LogP contribution in [0, 0.1) is 18.8 Å². The average Bonchev–Trinajstić information content (AvgIpc) is 2.76. The molecule has 3 heteroatoms. The van der Waals surface area contributed by atoms with Crippen molar-refractivity contribution in [1.82, 2.24) is 4.98 Å². The van der Waals surface area contributed by atoms with Crippen LogP contribution >= 0.6 is 0 Å². The standard InChI is InChI=1S/C13H20N2O/c1-10-5-6-13(15-8-10)16-9-12-4-2-3-11(12)7-14/h5-6,8,11-12H,2-4,7,9,14H2,1H3. The van der Waals surface area contributed by atoms with E-state index in [1.54, 1.807) is 0 Å². The minimum atomic E-state index is 0.619. The molecule has 1 fully saturated rings. The van der Waals surface area contributed by atoms with Crippen LogP contribution in [0.4, 0.5) is 0 Å². The summed E-state index contributed by atoms with van der Waals surface area (Å²) in [7, 11) is 0. The van der Waals surface area contributed by atoms with Crippen LogP contribution in [0.15, 0.2) is 18.3 Å². The number of hydrogen-bond donors (Lipinski definition) is 1.